The van der Waals surface area contributed by atoms with Crippen molar-refractivity contribution in [1.82, 2.24) is 10.6 Å². The predicted octanol–water partition coefficient (Wildman–Crippen LogP) is 2.74. The van der Waals surface area contributed by atoms with Crippen molar-refractivity contribution in [1.29, 1.82) is 0 Å². The van der Waals surface area contributed by atoms with Crippen LogP contribution in [0.5, 0.6) is 28.7 Å². The van der Waals surface area contributed by atoms with Crippen molar-refractivity contribution in [3.8, 4) is 28.7 Å². The summed E-state index contributed by atoms with van der Waals surface area (Å²) in [6, 6.07) is 9.58. The van der Waals surface area contributed by atoms with Crippen LogP contribution >= 0.6 is 0 Å². The molecule has 2 N–H and O–H groups in total. The number of nitrogens with zero attached hydrogens (tertiary/aromatic N) is 1. The normalized spacial score (nSPS) is 12.5. The van der Waals surface area contributed by atoms with Gasteiger partial charge in [-0.3, -0.25) is 0 Å². The fraction of sp³-hybridized carbons (Fsp3) is 0.409. The van der Waals surface area contributed by atoms with Gasteiger partial charge >= 0.3 is 0 Å². The van der Waals surface area contributed by atoms with Crippen LogP contribution in [0.4, 0.5) is 0 Å². The number of hydrogen-bond donors (Lipinski definition) is 2. The van der Waals surface area contributed by atoms with Crippen LogP contribution in [-0.2, 0) is 13.0 Å². The fourth-order valence-corrected chi connectivity index (χ4v) is 3.18. The Labute approximate surface area is 177 Å². The zero-order valence-electron chi connectivity index (χ0n) is 17.9. The molecule has 0 fully saturated rings. The van der Waals surface area contributed by atoms with Gasteiger partial charge in [-0.25, -0.2) is 4.99 Å². The van der Waals surface area contributed by atoms with E-state index in [9.17, 15) is 0 Å². The molecule has 0 atom stereocenters. The third kappa shape index (κ3) is 5.20. The lowest BCUT2D eigenvalue weighted by Crippen LogP contribution is -2.38. The molecule has 8 nitrogen and oxygen atoms in total. The molecular weight excluding hydrogens is 386 g/mol. The first-order valence-corrected chi connectivity index (χ1v) is 9.88. The van der Waals surface area contributed by atoms with Crippen molar-refractivity contribution in [3.63, 3.8) is 0 Å². The Hall–Kier alpha value is -3.29. The van der Waals surface area contributed by atoms with E-state index in [0.29, 0.717) is 25.3 Å². The molecule has 162 valence electrons. The smallest absolute Gasteiger partial charge is 0.231 e. The Kier molecular flexibility index (Phi) is 7.48. The van der Waals surface area contributed by atoms with Gasteiger partial charge in [-0.1, -0.05) is 6.07 Å². The highest BCUT2D eigenvalue weighted by atomic mass is 16.7. The summed E-state index contributed by atoms with van der Waals surface area (Å²) in [5.74, 6) is 4.43. The molecule has 30 heavy (non-hydrogen) atoms. The molecule has 0 spiro atoms. The van der Waals surface area contributed by atoms with Gasteiger partial charge in [0.2, 0.25) is 6.79 Å². The number of rotatable bonds is 9. The molecule has 0 aliphatic carbocycles. The second-order valence-corrected chi connectivity index (χ2v) is 6.57. The monoisotopic (exact) mass is 415 g/mol. The summed E-state index contributed by atoms with van der Waals surface area (Å²) in [7, 11) is 4.90. The van der Waals surface area contributed by atoms with Crippen LogP contribution in [0.2, 0.25) is 0 Å². The minimum Gasteiger partial charge on any atom is -0.496 e. The molecular formula is C22H29N3O5. The maximum Gasteiger partial charge on any atom is 0.231 e. The van der Waals surface area contributed by atoms with Crippen LogP contribution < -0.4 is 34.3 Å². The van der Waals surface area contributed by atoms with Crippen LogP contribution in [0.15, 0.2) is 35.3 Å². The molecule has 1 aliphatic heterocycles. The first kappa shape index (κ1) is 21.4. The zero-order valence-corrected chi connectivity index (χ0v) is 17.9. The Balaban J connectivity index is 1.64. The van der Waals surface area contributed by atoms with E-state index in [1.807, 2.05) is 37.3 Å². The van der Waals surface area contributed by atoms with Gasteiger partial charge in [0, 0.05) is 30.8 Å². The molecule has 0 saturated heterocycles. The molecule has 0 radical (unpaired) electrons. The lowest BCUT2D eigenvalue weighted by atomic mass is 10.1. The fourth-order valence-electron chi connectivity index (χ4n) is 3.18. The highest BCUT2D eigenvalue weighted by Gasteiger charge is 2.14. The number of guanidine groups is 1. The van der Waals surface area contributed by atoms with Gasteiger partial charge in [-0.05, 0) is 31.0 Å². The maximum atomic E-state index is 5.52. The summed E-state index contributed by atoms with van der Waals surface area (Å²) >= 11 is 0. The molecule has 1 aliphatic rings. The van der Waals surface area contributed by atoms with E-state index in [1.54, 1.807) is 21.3 Å². The lowest BCUT2D eigenvalue weighted by molar-refractivity contribution is 0.174. The number of aliphatic imine (C=N–C) groups is 1. The SMILES string of the molecule is CCNC(=NCc1ccc2c(c1)OCO2)NCCc1c(OC)cc(OC)cc1OC. The van der Waals surface area contributed by atoms with Crippen molar-refractivity contribution in [2.24, 2.45) is 4.99 Å². The molecule has 1 heterocycles. The van der Waals surface area contributed by atoms with Gasteiger partial charge < -0.3 is 34.3 Å². The number of nitrogens with one attached hydrogen (secondary N) is 2. The van der Waals surface area contributed by atoms with E-state index in [4.69, 9.17) is 23.7 Å². The Morgan fingerprint density at radius 3 is 2.37 bits per heavy atom. The largest absolute Gasteiger partial charge is 0.496 e. The molecule has 0 saturated carbocycles. The van der Waals surface area contributed by atoms with Crippen LogP contribution in [0, 0.1) is 0 Å². The van der Waals surface area contributed by atoms with Gasteiger partial charge in [-0.2, -0.15) is 0 Å². The second-order valence-electron chi connectivity index (χ2n) is 6.57. The molecule has 8 heteroatoms. The average molecular weight is 415 g/mol. The number of benzene rings is 2. The van der Waals surface area contributed by atoms with Gasteiger partial charge in [0.05, 0.1) is 27.9 Å². The van der Waals surface area contributed by atoms with E-state index < -0.39 is 0 Å². The third-order valence-electron chi connectivity index (χ3n) is 4.69. The number of fused-ring (bicyclic) bond motifs is 1. The minimum absolute atomic E-state index is 0.268. The predicted molar refractivity (Wildman–Crippen MR) is 115 cm³/mol. The first-order valence-electron chi connectivity index (χ1n) is 9.88. The number of methoxy groups -OCH3 is 3. The van der Waals surface area contributed by atoms with Gasteiger partial charge in [-0.15, -0.1) is 0 Å². The zero-order chi connectivity index (χ0) is 21.3. The number of hydrogen-bond acceptors (Lipinski definition) is 6. The minimum atomic E-state index is 0.268. The molecule has 0 amide bonds. The summed E-state index contributed by atoms with van der Waals surface area (Å²) in [4.78, 5) is 4.67. The summed E-state index contributed by atoms with van der Waals surface area (Å²) in [6.45, 7) is 4.26. The van der Waals surface area contributed by atoms with E-state index >= 15 is 0 Å². The highest BCUT2D eigenvalue weighted by molar-refractivity contribution is 5.79. The van der Waals surface area contributed by atoms with Crippen LogP contribution in [-0.4, -0.2) is 47.2 Å². The Morgan fingerprint density at radius 2 is 1.70 bits per heavy atom. The first-order chi connectivity index (χ1) is 14.7. The average Bonchev–Trinajstić information content (AvgIpc) is 3.25. The Morgan fingerprint density at radius 1 is 0.967 bits per heavy atom. The summed E-state index contributed by atoms with van der Waals surface area (Å²) < 4.78 is 27.1. The highest BCUT2D eigenvalue weighted by Crippen LogP contribution is 2.34. The molecule has 0 unspecified atom stereocenters. The summed E-state index contributed by atoms with van der Waals surface area (Å²) in [6.07, 6.45) is 0.699. The van der Waals surface area contributed by atoms with Gasteiger partial charge in [0.15, 0.2) is 17.5 Å². The van der Waals surface area contributed by atoms with Crippen molar-refractivity contribution < 1.29 is 23.7 Å². The third-order valence-corrected chi connectivity index (χ3v) is 4.69. The van der Waals surface area contributed by atoms with Crippen molar-refractivity contribution in [2.75, 3.05) is 41.2 Å². The van der Waals surface area contributed by atoms with Crippen LogP contribution in [0.25, 0.3) is 0 Å². The van der Waals surface area contributed by atoms with Crippen molar-refractivity contribution in [3.05, 3.63) is 41.5 Å². The van der Waals surface area contributed by atoms with Crippen molar-refractivity contribution >= 4 is 5.96 Å². The van der Waals surface area contributed by atoms with E-state index in [2.05, 4.69) is 15.6 Å². The summed E-state index contributed by atoms with van der Waals surface area (Å²) in [5.41, 5.74) is 2.02. The molecule has 3 rings (SSSR count). The molecule has 2 aromatic rings. The van der Waals surface area contributed by atoms with Crippen LogP contribution in [0.3, 0.4) is 0 Å². The van der Waals surface area contributed by atoms with E-state index in [0.717, 1.165) is 46.6 Å². The second kappa shape index (κ2) is 10.5. The molecule has 0 bridgehead atoms. The van der Waals surface area contributed by atoms with Crippen molar-refractivity contribution in [2.45, 2.75) is 19.9 Å². The van der Waals surface area contributed by atoms with Gasteiger partial charge in [0.1, 0.15) is 17.2 Å². The lowest BCUT2D eigenvalue weighted by Gasteiger charge is -2.16. The van der Waals surface area contributed by atoms with Gasteiger partial charge in [0.25, 0.3) is 0 Å². The van der Waals surface area contributed by atoms with E-state index in [-0.39, 0.29) is 6.79 Å². The summed E-state index contributed by atoms with van der Waals surface area (Å²) in [5, 5.41) is 6.63. The number of ether oxygens (including phenoxy) is 5. The Bertz CT molecular complexity index is 860. The van der Waals surface area contributed by atoms with Crippen LogP contribution in [0.1, 0.15) is 18.1 Å². The topological polar surface area (TPSA) is 82.6 Å². The van der Waals surface area contributed by atoms with E-state index in [1.165, 1.54) is 0 Å². The standard InChI is InChI=1S/C22H29N3O5/c1-5-23-22(25-13-15-6-7-18-21(10-15)30-14-29-18)24-9-8-17-19(27-3)11-16(26-2)12-20(17)28-4/h6-7,10-12H,5,8-9,13-14H2,1-4H3,(H2,23,24,25). The molecule has 2 aromatic carbocycles. The quantitative estimate of drug-likeness (QED) is 0.481. The maximum absolute atomic E-state index is 5.52. The molecule has 0 aromatic heterocycles.